The number of aryl methyl sites for hydroxylation is 1. The van der Waals surface area contributed by atoms with Crippen LogP contribution in [0.5, 0.6) is 0 Å². The molecular weight excluding hydrogens is 164 g/mol. The maximum atomic E-state index is 5.86. The Hall–Kier alpha value is -0.140. The first kappa shape index (κ1) is 7.96. The predicted molar refractivity (Wildman–Crippen MR) is 48.9 cm³/mol. The number of halogens is 1. The molecule has 0 saturated carbocycles. The number of benzene rings is 1. The second-order valence-corrected chi connectivity index (χ2v) is 2.97. The van der Waals surface area contributed by atoms with Crippen molar-refractivity contribution >= 4 is 24.2 Å². The first-order valence-corrected chi connectivity index (χ1v) is 4.11. The minimum absolute atomic E-state index is 0.750. The Morgan fingerprint density at radius 2 is 2.20 bits per heavy atom. The van der Waals surface area contributed by atoms with E-state index in [0.717, 1.165) is 16.3 Å². The van der Waals surface area contributed by atoms with E-state index in [0.29, 0.717) is 0 Å². The van der Waals surface area contributed by atoms with Crippen LogP contribution in [0.25, 0.3) is 0 Å². The third kappa shape index (κ3) is 1.68. The van der Waals surface area contributed by atoms with E-state index in [2.05, 4.69) is 12.6 Å². The quantitative estimate of drug-likeness (QED) is 0.619. The summed E-state index contributed by atoms with van der Waals surface area (Å²) in [5, 5.41) is 0.826. The molecule has 0 heterocycles. The fourth-order valence-corrected chi connectivity index (χ4v) is 1.13. The minimum Gasteiger partial charge on any atom is -0.175 e. The van der Waals surface area contributed by atoms with E-state index in [9.17, 15) is 0 Å². The Labute approximate surface area is 71.6 Å². The van der Waals surface area contributed by atoms with Gasteiger partial charge in [0.1, 0.15) is 0 Å². The van der Waals surface area contributed by atoms with E-state index in [-0.39, 0.29) is 0 Å². The molecule has 0 saturated heterocycles. The highest BCUT2D eigenvalue weighted by Gasteiger charge is 1.94. The summed E-state index contributed by atoms with van der Waals surface area (Å²) in [6.07, 6.45) is 0. The van der Waals surface area contributed by atoms with E-state index in [4.69, 9.17) is 11.6 Å². The van der Waals surface area contributed by atoms with Crippen LogP contribution >= 0.6 is 24.2 Å². The highest BCUT2D eigenvalue weighted by molar-refractivity contribution is 7.79. The van der Waals surface area contributed by atoms with Crippen molar-refractivity contribution in [2.24, 2.45) is 0 Å². The molecular formula is C8H9ClS. The smallest absolute Gasteiger partial charge is 0.0438 e. The van der Waals surface area contributed by atoms with Gasteiger partial charge in [-0.2, -0.15) is 12.6 Å². The fourth-order valence-electron chi connectivity index (χ4n) is 0.735. The van der Waals surface area contributed by atoms with Crippen molar-refractivity contribution in [2.45, 2.75) is 12.7 Å². The topological polar surface area (TPSA) is 0 Å². The van der Waals surface area contributed by atoms with Crippen molar-refractivity contribution in [2.75, 3.05) is 0 Å². The van der Waals surface area contributed by atoms with Gasteiger partial charge in [0.05, 0.1) is 0 Å². The first-order valence-electron chi connectivity index (χ1n) is 3.10. The Kier molecular flexibility index (Phi) is 2.64. The summed E-state index contributed by atoms with van der Waals surface area (Å²) in [4.78, 5) is 0. The van der Waals surface area contributed by atoms with Gasteiger partial charge in [0, 0.05) is 10.8 Å². The van der Waals surface area contributed by atoms with Gasteiger partial charge >= 0.3 is 0 Å². The van der Waals surface area contributed by atoms with Crippen LogP contribution in [0.2, 0.25) is 5.02 Å². The van der Waals surface area contributed by atoms with Gasteiger partial charge in [0.25, 0.3) is 0 Å². The molecule has 10 heavy (non-hydrogen) atoms. The minimum atomic E-state index is 0.750. The maximum absolute atomic E-state index is 5.86. The van der Waals surface area contributed by atoms with Crippen LogP contribution in [0.4, 0.5) is 0 Å². The zero-order valence-corrected chi connectivity index (χ0v) is 7.41. The van der Waals surface area contributed by atoms with Gasteiger partial charge in [-0.1, -0.05) is 23.7 Å². The summed E-state index contributed by atoms with van der Waals surface area (Å²) in [5.74, 6) is 0.750. The van der Waals surface area contributed by atoms with Crippen molar-refractivity contribution in [1.82, 2.24) is 0 Å². The van der Waals surface area contributed by atoms with E-state index in [1.165, 1.54) is 5.56 Å². The molecule has 0 aliphatic rings. The van der Waals surface area contributed by atoms with E-state index in [1.54, 1.807) is 0 Å². The average Bonchev–Trinajstić information content (AvgIpc) is 1.95. The molecule has 0 atom stereocenters. The molecule has 0 fully saturated rings. The van der Waals surface area contributed by atoms with Crippen molar-refractivity contribution in [1.29, 1.82) is 0 Å². The third-order valence-corrected chi connectivity index (χ3v) is 2.19. The van der Waals surface area contributed by atoms with Crippen molar-refractivity contribution in [3.05, 3.63) is 34.3 Å². The summed E-state index contributed by atoms with van der Waals surface area (Å²) in [6, 6.07) is 5.99. The highest BCUT2D eigenvalue weighted by Crippen LogP contribution is 2.17. The van der Waals surface area contributed by atoms with Crippen molar-refractivity contribution in [3.8, 4) is 0 Å². The van der Waals surface area contributed by atoms with Crippen LogP contribution in [-0.2, 0) is 5.75 Å². The second kappa shape index (κ2) is 3.31. The van der Waals surface area contributed by atoms with Crippen LogP contribution in [0.15, 0.2) is 18.2 Å². The van der Waals surface area contributed by atoms with Gasteiger partial charge in [0.15, 0.2) is 0 Å². The van der Waals surface area contributed by atoms with Gasteiger partial charge in [-0.05, 0) is 24.1 Å². The predicted octanol–water partition coefficient (Wildman–Crippen LogP) is 3.08. The van der Waals surface area contributed by atoms with E-state index >= 15 is 0 Å². The number of rotatable bonds is 1. The normalized spacial score (nSPS) is 9.90. The summed E-state index contributed by atoms with van der Waals surface area (Å²) < 4.78 is 0. The Morgan fingerprint density at radius 1 is 1.50 bits per heavy atom. The van der Waals surface area contributed by atoms with Crippen LogP contribution in [0.1, 0.15) is 11.1 Å². The Bertz CT molecular complexity index is 233. The summed E-state index contributed by atoms with van der Waals surface area (Å²) >= 11 is 9.99. The van der Waals surface area contributed by atoms with E-state index in [1.807, 2.05) is 25.1 Å². The standard InChI is InChI=1S/C8H9ClS/c1-6-2-3-7(5-10)4-8(6)9/h2-4,10H,5H2,1H3. The summed E-state index contributed by atoms with van der Waals surface area (Å²) in [7, 11) is 0. The molecule has 1 rings (SSSR count). The summed E-state index contributed by atoms with van der Waals surface area (Å²) in [6.45, 7) is 1.99. The Morgan fingerprint density at radius 3 is 2.70 bits per heavy atom. The highest BCUT2D eigenvalue weighted by atomic mass is 35.5. The molecule has 0 amide bonds. The lowest BCUT2D eigenvalue weighted by Crippen LogP contribution is -1.79. The van der Waals surface area contributed by atoms with Gasteiger partial charge in [-0.15, -0.1) is 0 Å². The monoisotopic (exact) mass is 172 g/mol. The average molecular weight is 173 g/mol. The number of thiol groups is 1. The van der Waals surface area contributed by atoms with Crippen LogP contribution in [-0.4, -0.2) is 0 Å². The molecule has 54 valence electrons. The molecule has 0 spiro atoms. The van der Waals surface area contributed by atoms with Crippen LogP contribution < -0.4 is 0 Å². The molecule has 1 aromatic carbocycles. The lowest BCUT2D eigenvalue weighted by Gasteiger charge is -1.98. The second-order valence-electron chi connectivity index (χ2n) is 2.24. The molecule has 0 radical (unpaired) electrons. The molecule has 0 aliphatic carbocycles. The van der Waals surface area contributed by atoms with Crippen molar-refractivity contribution in [3.63, 3.8) is 0 Å². The summed E-state index contributed by atoms with van der Waals surface area (Å²) in [5.41, 5.74) is 2.28. The number of hydrogen-bond acceptors (Lipinski definition) is 1. The Balaban J connectivity index is 3.04. The zero-order chi connectivity index (χ0) is 7.56. The van der Waals surface area contributed by atoms with Gasteiger partial charge in [-0.3, -0.25) is 0 Å². The van der Waals surface area contributed by atoms with Gasteiger partial charge in [-0.25, -0.2) is 0 Å². The molecule has 2 heteroatoms. The number of hydrogen-bond donors (Lipinski definition) is 1. The van der Waals surface area contributed by atoms with Gasteiger partial charge < -0.3 is 0 Å². The molecule has 0 aliphatic heterocycles. The SMILES string of the molecule is Cc1ccc(CS)cc1Cl. The molecule has 1 aromatic rings. The first-order chi connectivity index (χ1) is 4.74. The lowest BCUT2D eigenvalue weighted by atomic mass is 10.2. The lowest BCUT2D eigenvalue weighted by molar-refractivity contribution is 1.37. The molecule has 0 unspecified atom stereocenters. The van der Waals surface area contributed by atoms with E-state index < -0.39 is 0 Å². The molecule has 0 nitrogen and oxygen atoms in total. The largest absolute Gasteiger partial charge is 0.175 e. The van der Waals surface area contributed by atoms with Crippen molar-refractivity contribution < 1.29 is 0 Å². The van der Waals surface area contributed by atoms with Gasteiger partial charge in [0.2, 0.25) is 0 Å². The zero-order valence-electron chi connectivity index (χ0n) is 5.76. The third-order valence-electron chi connectivity index (χ3n) is 1.42. The van der Waals surface area contributed by atoms with Crippen LogP contribution in [0, 0.1) is 6.92 Å². The molecule has 0 N–H and O–H groups in total. The van der Waals surface area contributed by atoms with Crippen LogP contribution in [0.3, 0.4) is 0 Å². The fraction of sp³-hybridized carbons (Fsp3) is 0.250. The molecule has 0 aromatic heterocycles. The maximum Gasteiger partial charge on any atom is 0.0438 e. The molecule has 0 bridgehead atoms.